The zero-order chi connectivity index (χ0) is 21.3. The largest absolute Gasteiger partial charge is 0.416 e. The molecule has 0 saturated carbocycles. The summed E-state index contributed by atoms with van der Waals surface area (Å²) >= 11 is 0. The fraction of sp³-hybridized carbons (Fsp3) is 0.0455. The van der Waals surface area contributed by atoms with Gasteiger partial charge in [-0.3, -0.25) is 9.78 Å². The van der Waals surface area contributed by atoms with Crippen LogP contribution in [0.1, 0.15) is 15.9 Å². The number of carbonyl (C=O) groups is 1. The van der Waals surface area contributed by atoms with E-state index < -0.39 is 17.6 Å². The van der Waals surface area contributed by atoms with Crippen LogP contribution < -0.4 is 5.32 Å². The number of anilines is 1. The monoisotopic (exact) mass is 411 g/mol. The minimum Gasteiger partial charge on any atom is -0.320 e. The standard InChI is InChI=1S/C22H13F4N3O/c23-17-11-15(10-16(12-17)22(24,25)26)18-5-4-13-2-1-3-19(20(13)28-18)29-21(30)14-6-8-27-9-7-14/h1-12H,(H,29,30). The summed E-state index contributed by atoms with van der Waals surface area (Å²) in [6.45, 7) is 0. The summed E-state index contributed by atoms with van der Waals surface area (Å²) in [5.41, 5.74) is 0.174. The van der Waals surface area contributed by atoms with Crippen LogP contribution in [0.4, 0.5) is 23.2 Å². The maximum atomic E-state index is 13.8. The molecule has 2 aromatic carbocycles. The first-order valence-electron chi connectivity index (χ1n) is 8.80. The topological polar surface area (TPSA) is 54.9 Å². The Morgan fingerprint density at radius 3 is 2.43 bits per heavy atom. The van der Waals surface area contributed by atoms with Gasteiger partial charge < -0.3 is 5.32 Å². The highest BCUT2D eigenvalue weighted by Crippen LogP contribution is 2.33. The van der Waals surface area contributed by atoms with Crippen LogP contribution in [0.15, 0.2) is 73.1 Å². The van der Waals surface area contributed by atoms with Crippen molar-refractivity contribution < 1.29 is 22.4 Å². The van der Waals surface area contributed by atoms with Crippen molar-refractivity contribution in [2.45, 2.75) is 6.18 Å². The third-order valence-electron chi connectivity index (χ3n) is 4.43. The van der Waals surface area contributed by atoms with Crippen molar-refractivity contribution in [3.8, 4) is 11.3 Å². The van der Waals surface area contributed by atoms with Crippen molar-refractivity contribution in [2.24, 2.45) is 0 Å². The van der Waals surface area contributed by atoms with Crippen molar-refractivity contribution >= 4 is 22.5 Å². The number of nitrogens with one attached hydrogen (secondary N) is 1. The van der Waals surface area contributed by atoms with E-state index in [1.165, 1.54) is 18.5 Å². The molecule has 0 radical (unpaired) electrons. The number of hydrogen-bond donors (Lipinski definition) is 1. The Balaban J connectivity index is 1.77. The number of nitrogens with zero attached hydrogens (tertiary/aromatic N) is 2. The number of carbonyl (C=O) groups excluding carboxylic acids is 1. The third-order valence-corrected chi connectivity index (χ3v) is 4.43. The molecule has 0 aliphatic carbocycles. The van der Waals surface area contributed by atoms with E-state index in [2.05, 4.69) is 15.3 Å². The highest BCUT2D eigenvalue weighted by atomic mass is 19.4. The lowest BCUT2D eigenvalue weighted by Gasteiger charge is -2.12. The summed E-state index contributed by atoms with van der Waals surface area (Å²) in [6, 6.07) is 13.6. The second-order valence-electron chi connectivity index (χ2n) is 6.49. The van der Waals surface area contributed by atoms with E-state index in [0.29, 0.717) is 28.2 Å². The predicted octanol–water partition coefficient (Wildman–Crippen LogP) is 5.71. The third kappa shape index (κ3) is 3.98. The number of hydrogen-bond acceptors (Lipinski definition) is 3. The number of halogens is 4. The first-order valence-corrected chi connectivity index (χ1v) is 8.80. The van der Waals surface area contributed by atoms with Gasteiger partial charge in [0.25, 0.3) is 5.91 Å². The number of amides is 1. The van der Waals surface area contributed by atoms with Gasteiger partial charge >= 0.3 is 6.18 Å². The van der Waals surface area contributed by atoms with Crippen LogP contribution in [0.25, 0.3) is 22.2 Å². The number of para-hydroxylation sites is 1. The molecule has 2 heterocycles. The quantitative estimate of drug-likeness (QED) is 0.440. The Hall–Kier alpha value is -3.81. The van der Waals surface area contributed by atoms with Crippen LogP contribution in [-0.2, 0) is 6.18 Å². The Labute approximate surface area is 168 Å². The minimum atomic E-state index is -4.68. The number of alkyl halides is 3. The molecule has 0 atom stereocenters. The molecule has 1 N–H and O–H groups in total. The van der Waals surface area contributed by atoms with Gasteiger partial charge in [0.1, 0.15) is 5.82 Å². The van der Waals surface area contributed by atoms with E-state index in [1.807, 2.05) is 0 Å². The first-order chi connectivity index (χ1) is 14.3. The Bertz CT molecular complexity index is 1240. The molecule has 0 bridgehead atoms. The molecule has 8 heteroatoms. The molecule has 4 nitrogen and oxygen atoms in total. The molecule has 30 heavy (non-hydrogen) atoms. The summed E-state index contributed by atoms with van der Waals surface area (Å²) in [4.78, 5) is 20.7. The number of pyridine rings is 2. The van der Waals surface area contributed by atoms with Gasteiger partial charge in [0.15, 0.2) is 0 Å². The fourth-order valence-electron chi connectivity index (χ4n) is 3.01. The van der Waals surface area contributed by atoms with Gasteiger partial charge in [0.2, 0.25) is 0 Å². The van der Waals surface area contributed by atoms with Gasteiger partial charge in [-0.15, -0.1) is 0 Å². The normalized spacial score (nSPS) is 11.5. The van der Waals surface area contributed by atoms with Gasteiger partial charge in [-0.1, -0.05) is 18.2 Å². The molecule has 4 rings (SSSR count). The zero-order valence-corrected chi connectivity index (χ0v) is 15.2. The summed E-state index contributed by atoms with van der Waals surface area (Å²) < 4.78 is 52.9. The van der Waals surface area contributed by atoms with Crippen LogP contribution >= 0.6 is 0 Å². The SMILES string of the molecule is O=C(Nc1cccc2ccc(-c3cc(F)cc(C(F)(F)F)c3)nc12)c1ccncc1. The molecule has 0 spiro atoms. The maximum absolute atomic E-state index is 13.8. The smallest absolute Gasteiger partial charge is 0.320 e. The fourth-order valence-corrected chi connectivity index (χ4v) is 3.01. The molecular formula is C22H13F4N3O. The number of benzene rings is 2. The summed E-state index contributed by atoms with van der Waals surface area (Å²) in [5.74, 6) is -1.40. The molecule has 0 saturated heterocycles. The molecule has 0 aliphatic heterocycles. The Kier molecular flexibility index (Phi) is 4.91. The second-order valence-corrected chi connectivity index (χ2v) is 6.49. The van der Waals surface area contributed by atoms with Crippen LogP contribution in [0.5, 0.6) is 0 Å². The summed E-state index contributed by atoms with van der Waals surface area (Å²) in [5, 5.41) is 3.41. The van der Waals surface area contributed by atoms with Crippen molar-refractivity contribution in [3.05, 3.63) is 90.0 Å². The molecule has 0 aliphatic rings. The summed E-state index contributed by atoms with van der Waals surface area (Å²) in [6.07, 6.45) is -1.72. The van der Waals surface area contributed by atoms with E-state index in [-0.39, 0.29) is 17.2 Å². The van der Waals surface area contributed by atoms with Gasteiger partial charge in [0.05, 0.1) is 22.5 Å². The van der Waals surface area contributed by atoms with E-state index >= 15 is 0 Å². The lowest BCUT2D eigenvalue weighted by molar-refractivity contribution is -0.137. The molecule has 0 unspecified atom stereocenters. The number of aromatic nitrogens is 2. The summed E-state index contributed by atoms with van der Waals surface area (Å²) in [7, 11) is 0. The van der Waals surface area contributed by atoms with Crippen LogP contribution in [0.3, 0.4) is 0 Å². The van der Waals surface area contributed by atoms with Crippen molar-refractivity contribution in [2.75, 3.05) is 5.32 Å². The molecule has 4 aromatic rings. The van der Waals surface area contributed by atoms with E-state index in [4.69, 9.17) is 0 Å². The van der Waals surface area contributed by atoms with Crippen molar-refractivity contribution in [1.29, 1.82) is 0 Å². The van der Waals surface area contributed by atoms with Crippen molar-refractivity contribution in [3.63, 3.8) is 0 Å². The van der Waals surface area contributed by atoms with Crippen LogP contribution in [0.2, 0.25) is 0 Å². The highest BCUT2D eigenvalue weighted by molar-refractivity contribution is 6.08. The zero-order valence-electron chi connectivity index (χ0n) is 15.2. The van der Waals surface area contributed by atoms with Gasteiger partial charge in [-0.05, 0) is 42.5 Å². The lowest BCUT2D eigenvalue weighted by atomic mass is 10.1. The average molecular weight is 411 g/mol. The van der Waals surface area contributed by atoms with Crippen LogP contribution in [-0.4, -0.2) is 15.9 Å². The average Bonchev–Trinajstić information content (AvgIpc) is 2.73. The molecule has 150 valence electrons. The molecule has 0 fully saturated rings. The van der Waals surface area contributed by atoms with Gasteiger partial charge in [-0.2, -0.15) is 13.2 Å². The van der Waals surface area contributed by atoms with Gasteiger partial charge in [0, 0.05) is 28.9 Å². The Morgan fingerprint density at radius 2 is 1.70 bits per heavy atom. The van der Waals surface area contributed by atoms with Gasteiger partial charge in [-0.25, -0.2) is 9.37 Å². The second kappa shape index (κ2) is 7.55. The van der Waals surface area contributed by atoms with Crippen LogP contribution in [0, 0.1) is 5.82 Å². The minimum absolute atomic E-state index is 0.0144. The molecular weight excluding hydrogens is 398 g/mol. The maximum Gasteiger partial charge on any atom is 0.416 e. The van der Waals surface area contributed by atoms with E-state index in [9.17, 15) is 22.4 Å². The van der Waals surface area contributed by atoms with E-state index in [0.717, 1.165) is 12.1 Å². The highest BCUT2D eigenvalue weighted by Gasteiger charge is 2.31. The predicted molar refractivity (Wildman–Crippen MR) is 104 cm³/mol. The van der Waals surface area contributed by atoms with E-state index in [1.54, 1.807) is 36.4 Å². The number of fused-ring (bicyclic) bond motifs is 1. The van der Waals surface area contributed by atoms with Crippen molar-refractivity contribution in [1.82, 2.24) is 9.97 Å². The lowest BCUT2D eigenvalue weighted by Crippen LogP contribution is -2.12. The molecule has 2 aromatic heterocycles. The first kappa shape index (κ1) is 19.5. The Morgan fingerprint density at radius 1 is 0.933 bits per heavy atom. The molecule has 1 amide bonds. The number of rotatable bonds is 3.